The molecule has 0 radical (unpaired) electrons. The van der Waals surface area contributed by atoms with Crippen LogP contribution in [-0.4, -0.2) is 75.2 Å². The van der Waals surface area contributed by atoms with Gasteiger partial charge in [0.25, 0.3) is 0 Å². The lowest BCUT2D eigenvalue weighted by molar-refractivity contribution is 0.0144. The Balaban J connectivity index is 1.36. The predicted octanol–water partition coefficient (Wildman–Crippen LogP) is 4.11. The van der Waals surface area contributed by atoms with Gasteiger partial charge in [0.1, 0.15) is 17.7 Å². The van der Waals surface area contributed by atoms with Gasteiger partial charge in [-0.2, -0.15) is 0 Å². The molecule has 0 saturated carbocycles. The summed E-state index contributed by atoms with van der Waals surface area (Å²) in [6.45, 7) is 11.7. The molecular formula is C23H30N6O2S. The van der Waals surface area contributed by atoms with E-state index in [0.29, 0.717) is 13.1 Å². The van der Waals surface area contributed by atoms with Crippen LogP contribution in [0.3, 0.4) is 0 Å². The SMILES string of the molecule is C[C@@H](CN1CCN(C(=O)OC(C)(C)C)CC1)Nc1ncnc2c(-c3cccnc3)csc12. The van der Waals surface area contributed by atoms with E-state index >= 15 is 0 Å². The number of hydrogen-bond acceptors (Lipinski definition) is 8. The van der Waals surface area contributed by atoms with Crippen molar-refractivity contribution in [1.82, 2.24) is 24.8 Å². The zero-order valence-electron chi connectivity index (χ0n) is 19.0. The lowest BCUT2D eigenvalue weighted by Crippen LogP contribution is -2.51. The van der Waals surface area contributed by atoms with Crippen molar-refractivity contribution < 1.29 is 9.53 Å². The van der Waals surface area contributed by atoms with Crippen molar-refractivity contribution in [3.8, 4) is 11.1 Å². The molecule has 170 valence electrons. The molecule has 3 aromatic rings. The third kappa shape index (κ3) is 5.34. The Labute approximate surface area is 192 Å². The topological polar surface area (TPSA) is 83.5 Å². The number of hydrogen-bond donors (Lipinski definition) is 1. The van der Waals surface area contributed by atoms with Crippen LogP contribution in [0.25, 0.3) is 21.3 Å². The van der Waals surface area contributed by atoms with E-state index in [1.165, 1.54) is 0 Å². The summed E-state index contributed by atoms with van der Waals surface area (Å²) < 4.78 is 6.54. The molecule has 1 amide bonds. The molecule has 4 heterocycles. The second-order valence-electron chi connectivity index (χ2n) is 9.10. The van der Waals surface area contributed by atoms with Crippen molar-refractivity contribution in [2.75, 3.05) is 38.0 Å². The van der Waals surface area contributed by atoms with Gasteiger partial charge < -0.3 is 15.0 Å². The molecule has 4 rings (SSSR count). The minimum absolute atomic E-state index is 0.199. The Bertz CT molecular complexity index is 1060. The highest BCUT2D eigenvalue weighted by Crippen LogP contribution is 2.35. The normalized spacial score (nSPS) is 16.2. The molecule has 0 aliphatic carbocycles. The molecule has 0 unspecified atom stereocenters. The number of anilines is 1. The summed E-state index contributed by atoms with van der Waals surface area (Å²) in [6, 6.07) is 4.18. The van der Waals surface area contributed by atoms with Crippen LogP contribution in [0.2, 0.25) is 0 Å². The minimum Gasteiger partial charge on any atom is -0.444 e. The number of piperazine rings is 1. The van der Waals surface area contributed by atoms with Gasteiger partial charge in [0.15, 0.2) is 0 Å². The number of carbonyl (C=O) groups excluding carboxylic acids is 1. The van der Waals surface area contributed by atoms with Crippen LogP contribution in [0.5, 0.6) is 0 Å². The van der Waals surface area contributed by atoms with Crippen LogP contribution in [0.15, 0.2) is 36.2 Å². The molecule has 1 aliphatic heterocycles. The summed E-state index contributed by atoms with van der Waals surface area (Å²) in [7, 11) is 0. The number of amides is 1. The first-order valence-corrected chi connectivity index (χ1v) is 11.8. The summed E-state index contributed by atoms with van der Waals surface area (Å²) in [6.07, 6.45) is 5.02. The van der Waals surface area contributed by atoms with Gasteiger partial charge in [0, 0.05) is 67.7 Å². The number of aromatic nitrogens is 3. The third-order valence-corrected chi connectivity index (χ3v) is 6.24. The van der Waals surface area contributed by atoms with Gasteiger partial charge in [0.2, 0.25) is 0 Å². The quantitative estimate of drug-likeness (QED) is 0.621. The molecule has 8 nitrogen and oxygen atoms in total. The molecule has 1 fully saturated rings. The van der Waals surface area contributed by atoms with Gasteiger partial charge in [-0.3, -0.25) is 9.88 Å². The van der Waals surface area contributed by atoms with Crippen molar-refractivity contribution in [2.45, 2.75) is 39.3 Å². The van der Waals surface area contributed by atoms with Crippen molar-refractivity contribution in [3.63, 3.8) is 0 Å². The largest absolute Gasteiger partial charge is 0.444 e. The molecular weight excluding hydrogens is 424 g/mol. The van der Waals surface area contributed by atoms with Gasteiger partial charge in [-0.25, -0.2) is 14.8 Å². The number of nitrogens with zero attached hydrogens (tertiary/aromatic N) is 5. The summed E-state index contributed by atoms with van der Waals surface area (Å²) in [5, 5.41) is 5.67. The fourth-order valence-corrected chi connectivity index (χ4v) is 4.77. The minimum atomic E-state index is -0.464. The zero-order chi connectivity index (χ0) is 22.7. The van der Waals surface area contributed by atoms with Gasteiger partial charge in [0.05, 0.1) is 10.2 Å². The maximum Gasteiger partial charge on any atom is 0.410 e. The highest BCUT2D eigenvalue weighted by molar-refractivity contribution is 7.18. The molecule has 32 heavy (non-hydrogen) atoms. The number of fused-ring (bicyclic) bond motifs is 1. The monoisotopic (exact) mass is 454 g/mol. The van der Waals surface area contributed by atoms with Crippen molar-refractivity contribution >= 4 is 33.5 Å². The first-order valence-electron chi connectivity index (χ1n) is 10.9. The smallest absolute Gasteiger partial charge is 0.410 e. The summed E-state index contributed by atoms with van der Waals surface area (Å²) in [4.78, 5) is 29.7. The lowest BCUT2D eigenvalue weighted by Gasteiger charge is -2.36. The molecule has 1 atom stereocenters. The zero-order valence-corrected chi connectivity index (χ0v) is 19.9. The summed E-state index contributed by atoms with van der Waals surface area (Å²) in [5.41, 5.74) is 2.61. The number of ether oxygens (including phenoxy) is 1. The maximum atomic E-state index is 12.3. The second kappa shape index (κ2) is 9.38. The fraction of sp³-hybridized carbons (Fsp3) is 0.478. The number of rotatable bonds is 5. The van der Waals surface area contributed by atoms with Crippen LogP contribution >= 0.6 is 11.3 Å². The summed E-state index contributed by atoms with van der Waals surface area (Å²) in [5.74, 6) is 0.857. The van der Waals surface area contributed by atoms with Gasteiger partial charge in [-0.15, -0.1) is 11.3 Å². The van der Waals surface area contributed by atoms with Gasteiger partial charge in [-0.1, -0.05) is 6.07 Å². The molecule has 0 spiro atoms. The molecule has 3 aromatic heterocycles. The Morgan fingerprint density at radius 3 is 2.72 bits per heavy atom. The molecule has 1 N–H and O–H groups in total. The number of nitrogens with one attached hydrogen (secondary N) is 1. The Hall–Kier alpha value is -2.78. The van der Waals surface area contributed by atoms with Crippen LogP contribution in [0.1, 0.15) is 27.7 Å². The van der Waals surface area contributed by atoms with Crippen LogP contribution < -0.4 is 5.32 Å². The molecule has 1 saturated heterocycles. The highest BCUT2D eigenvalue weighted by Gasteiger charge is 2.26. The molecule has 9 heteroatoms. The van der Waals surface area contributed by atoms with E-state index in [0.717, 1.165) is 46.8 Å². The first-order chi connectivity index (χ1) is 15.3. The van der Waals surface area contributed by atoms with Crippen molar-refractivity contribution in [2.24, 2.45) is 0 Å². The van der Waals surface area contributed by atoms with E-state index in [-0.39, 0.29) is 12.1 Å². The number of carbonyl (C=O) groups is 1. The van der Waals surface area contributed by atoms with E-state index in [2.05, 4.69) is 37.5 Å². The average Bonchev–Trinajstić information content (AvgIpc) is 3.19. The van der Waals surface area contributed by atoms with E-state index in [9.17, 15) is 4.79 Å². The predicted molar refractivity (Wildman–Crippen MR) is 128 cm³/mol. The summed E-state index contributed by atoms with van der Waals surface area (Å²) >= 11 is 1.64. The van der Waals surface area contributed by atoms with Crippen LogP contribution in [-0.2, 0) is 4.74 Å². The third-order valence-electron chi connectivity index (χ3n) is 5.27. The van der Waals surface area contributed by atoms with E-state index in [1.54, 1.807) is 28.8 Å². The maximum absolute atomic E-state index is 12.3. The van der Waals surface area contributed by atoms with Gasteiger partial charge >= 0.3 is 6.09 Å². The number of pyridine rings is 1. The standard InChI is InChI=1S/C23H30N6O2S/c1-16(13-28-8-10-29(11-9-28)22(30)31-23(2,3)4)27-21-20-19(25-15-26-21)18(14-32-20)17-6-5-7-24-12-17/h5-7,12,14-16H,8-11,13H2,1-4H3,(H,25,26,27)/t16-/m0/s1. The molecule has 0 aromatic carbocycles. The second-order valence-corrected chi connectivity index (χ2v) is 9.98. The van der Waals surface area contributed by atoms with E-state index in [1.807, 2.05) is 39.1 Å². The molecule has 0 bridgehead atoms. The van der Waals surface area contributed by atoms with Crippen molar-refractivity contribution in [3.05, 3.63) is 36.2 Å². The van der Waals surface area contributed by atoms with Gasteiger partial charge in [-0.05, 0) is 33.8 Å². The molecule has 1 aliphatic rings. The fourth-order valence-electron chi connectivity index (χ4n) is 3.79. The average molecular weight is 455 g/mol. The van der Waals surface area contributed by atoms with Crippen LogP contribution in [0, 0.1) is 0 Å². The highest BCUT2D eigenvalue weighted by atomic mass is 32.1. The van der Waals surface area contributed by atoms with Crippen molar-refractivity contribution in [1.29, 1.82) is 0 Å². The first kappa shape index (κ1) is 22.4. The van der Waals surface area contributed by atoms with Crippen LogP contribution in [0.4, 0.5) is 10.6 Å². The Morgan fingerprint density at radius 1 is 1.25 bits per heavy atom. The Kier molecular flexibility index (Phi) is 6.57. The van der Waals surface area contributed by atoms with E-state index < -0.39 is 5.60 Å². The number of thiophene rings is 1. The van der Waals surface area contributed by atoms with E-state index in [4.69, 9.17) is 4.74 Å². The lowest BCUT2D eigenvalue weighted by atomic mass is 10.1. The Morgan fingerprint density at radius 2 is 2.03 bits per heavy atom.